The number of hydrogen-bond acceptors (Lipinski definition) is 5. The van der Waals surface area contributed by atoms with E-state index in [9.17, 15) is 4.79 Å². The first-order valence-corrected chi connectivity index (χ1v) is 9.04. The number of carbonyl (C=O) groups is 1. The average molecular weight is 358 g/mol. The van der Waals surface area contributed by atoms with Crippen molar-refractivity contribution in [1.29, 1.82) is 0 Å². The van der Waals surface area contributed by atoms with Gasteiger partial charge in [-0.2, -0.15) is 0 Å². The van der Waals surface area contributed by atoms with Gasteiger partial charge in [0, 0.05) is 26.1 Å². The number of nitrogens with one attached hydrogen (secondary N) is 1. The van der Waals surface area contributed by atoms with E-state index in [0.29, 0.717) is 30.9 Å². The van der Waals surface area contributed by atoms with Gasteiger partial charge in [-0.15, -0.1) is 0 Å². The molecule has 1 unspecified atom stereocenters. The summed E-state index contributed by atoms with van der Waals surface area (Å²) in [6.07, 6.45) is 4.48. The number of benzene rings is 1. The molecule has 1 atom stereocenters. The zero-order chi connectivity index (χ0) is 18.2. The van der Waals surface area contributed by atoms with Gasteiger partial charge in [0.1, 0.15) is 11.5 Å². The predicted molar refractivity (Wildman–Crippen MR) is 99.2 cm³/mol. The third-order valence-electron chi connectivity index (χ3n) is 4.48. The van der Waals surface area contributed by atoms with Crippen LogP contribution in [0.4, 0.5) is 5.69 Å². The molecule has 1 aromatic carbocycles. The Morgan fingerprint density at radius 2 is 2.19 bits per heavy atom. The molecule has 140 valence electrons. The van der Waals surface area contributed by atoms with Gasteiger partial charge in [0.15, 0.2) is 0 Å². The summed E-state index contributed by atoms with van der Waals surface area (Å²) in [5, 5.41) is 2.92. The second-order valence-electron chi connectivity index (χ2n) is 6.45. The highest BCUT2D eigenvalue weighted by molar-refractivity contribution is 5.92. The molecule has 6 heteroatoms. The van der Waals surface area contributed by atoms with E-state index in [4.69, 9.17) is 13.9 Å². The van der Waals surface area contributed by atoms with Crippen LogP contribution < -0.4 is 10.1 Å². The van der Waals surface area contributed by atoms with E-state index in [1.165, 1.54) is 0 Å². The maximum atomic E-state index is 12.4. The van der Waals surface area contributed by atoms with Crippen molar-refractivity contribution in [2.45, 2.75) is 31.9 Å². The lowest BCUT2D eigenvalue weighted by molar-refractivity contribution is -0.116. The molecule has 0 saturated carbocycles. The maximum Gasteiger partial charge on any atom is 0.225 e. The lowest BCUT2D eigenvalue weighted by Gasteiger charge is -2.24. The van der Waals surface area contributed by atoms with Crippen LogP contribution in [0.25, 0.3) is 0 Å². The molecule has 0 radical (unpaired) electrons. The van der Waals surface area contributed by atoms with E-state index in [2.05, 4.69) is 10.2 Å². The van der Waals surface area contributed by atoms with Crippen molar-refractivity contribution in [1.82, 2.24) is 4.90 Å². The molecule has 1 saturated heterocycles. The summed E-state index contributed by atoms with van der Waals surface area (Å²) < 4.78 is 16.5. The highest BCUT2D eigenvalue weighted by Crippen LogP contribution is 2.23. The molecule has 1 aromatic heterocycles. The van der Waals surface area contributed by atoms with Crippen molar-refractivity contribution < 1.29 is 18.7 Å². The molecule has 2 heterocycles. The van der Waals surface area contributed by atoms with Gasteiger partial charge in [0.25, 0.3) is 0 Å². The Labute approximate surface area is 154 Å². The Kier molecular flexibility index (Phi) is 6.68. The molecule has 26 heavy (non-hydrogen) atoms. The number of rotatable bonds is 9. The van der Waals surface area contributed by atoms with Crippen molar-refractivity contribution in [2.24, 2.45) is 0 Å². The van der Waals surface area contributed by atoms with Crippen molar-refractivity contribution in [3.8, 4) is 5.75 Å². The first kappa shape index (κ1) is 18.5. The number of furan rings is 1. The third-order valence-corrected chi connectivity index (χ3v) is 4.48. The molecule has 1 fully saturated rings. The number of anilines is 1. The van der Waals surface area contributed by atoms with E-state index in [1.807, 2.05) is 36.4 Å². The number of ether oxygens (including phenoxy) is 2. The average Bonchev–Trinajstić information content (AvgIpc) is 3.34. The standard InChI is InChI=1S/C20H26N2O4/c1-24-19-9-3-2-8-18(19)21-20(23)10-11-22(14-16-6-4-12-25-16)15-17-7-5-13-26-17/h2-4,6,8-9,12,17H,5,7,10-11,13-15H2,1H3,(H,21,23). The highest BCUT2D eigenvalue weighted by Gasteiger charge is 2.20. The quantitative estimate of drug-likeness (QED) is 0.745. The van der Waals surface area contributed by atoms with Gasteiger partial charge in [0.05, 0.1) is 31.7 Å². The lowest BCUT2D eigenvalue weighted by Crippen LogP contribution is -2.34. The number of hydrogen-bond donors (Lipinski definition) is 1. The first-order chi connectivity index (χ1) is 12.7. The number of carbonyl (C=O) groups excluding carboxylic acids is 1. The minimum Gasteiger partial charge on any atom is -0.495 e. The third kappa shape index (κ3) is 5.34. The van der Waals surface area contributed by atoms with Crippen LogP contribution in [0.1, 0.15) is 25.0 Å². The van der Waals surface area contributed by atoms with Gasteiger partial charge in [-0.25, -0.2) is 0 Å². The molecule has 0 aliphatic carbocycles. The van der Waals surface area contributed by atoms with E-state index in [-0.39, 0.29) is 12.0 Å². The van der Waals surface area contributed by atoms with E-state index >= 15 is 0 Å². The SMILES string of the molecule is COc1ccccc1NC(=O)CCN(Cc1ccco1)CC1CCCO1. The van der Waals surface area contributed by atoms with Crippen LogP contribution in [-0.2, 0) is 16.1 Å². The molecular formula is C20H26N2O4. The van der Waals surface area contributed by atoms with E-state index in [1.54, 1.807) is 13.4 Å². The van der Waals surface area contributed by atoms with Gasteiger partial charge in [-0.1, -0.05) is 12.1 Å². The summed E-state index contributed by atoms with van der Waals surface area (Å²) in [4.78, 5) is 14.6. The molecule has 1 N–H and O–H groups in total. The topological polar surface area (TPSA) is 63.9 Å². The van der Waals surface area contributed by atoms with Gasteiger partial charge in [-0.3, -0.25) is 9.69 Å². The molecular weight excluding hydrogens is 332 g/mol. The number of para-hydroxylation sites is 2. The van der Waals surface area contributed by atoms with Crippen molar-refractivity contribution >= 4 is 11.6 Å². The largest absolute Gasteiger partial charge is 0.495 e. The molecule has 1 aliphatic heterocycles. The molecule has 1 amide bonds. The fourth-order valence-electron chi connectivity index (χ4n) is 3.15. The van der Waals surface area contributed by atoms with Gasteiger partial charge >= 0.3 is 0 Å². The summed E-state index contributed by atoms with van der Waals surface area (Å²) in [5.74, 6) is 1.52. The Bertz CT molecular complexity index is 681. The molecule has 0 spiro atoms. The fourth-order valence-corrected chi connectivity index (χ4v) is 3.15. The molecule has 1 aliphatic rings. The van der Waals surface area contributed by atoms with Gasteiger partial charge < -0.3 is 19.2 Å². The molecule has 2 aromatic rings. The van der Waals surface area contributed by atoms with Gasteiger partial charge in [-0.05, 0) is 37.1 Å². The maximum absolute atomic E-state index is 12.4. The summed E-state index contributed by atoms with van der Waals surface area (Å²) in [7, 11) is 1.59. The number of amides is 1. The normalized spacial score (nSPS) is 16.8. The first-order valence-electron chi connectivity index (χ1n) is 9.04. The zero-order valence-corrected chi connectivity index (χ0v) is 15.1. The van der Waals surface area contributed by atoms with Crippen LogP contribution in [0.3, 0.4) is 0 Å². The van der Waals surface area contributed by atoms with Crippen molar-refractivity contribution in [3.05, 3.63) is 48.4 Å². The van der Waals surface area contributed by atoms with Gasteiger partial charge in [0.2, 0.25) is 5.91 Å². The summed E-state index contributed by atoms with van der Waals surface area (Å²) in [5.41, 5.74) is 0.691. The molecule has 0 bridgehead atoms. The number of nitrogens with zero attached hydrogens (tertiary/aromatic N) is 1. The second-order valence-corrected chi connectivity index (χ2v) is 6.45. The van der Waals surface area contributed by atoms with Crippen LogP contribution >= 0.6 is 0 Å². The van der Waals surface area contributed by atoms with Crippen LogP contribution in [0, 0.1) is 0 Å². The summed E-state index contributed by atoms with van der Waals surface area (Å²) >= 11 is 0. The lowest BCUT2D eigenvalue weighted by atomic mass is 10.2. The van der Waals surface area contributed by atoms with E-state index in [0.717, 1.165) is 31.8 Å². The Morgan fingerprint density at radius 3 is 2.92 bits per heavy atom. The van der Waals surface area contributed by atoms with Crippen LogP contribution in [0.2, 0.25) is 0 Å². The minimum atomic E-state index is -0.0358. The Morgan fingerprint density at radius 1 is 1.31 bits per heavy atom. The number of methoxy groups -OCH3 is 1. The second kappa shape index (κ2) is 9.40. The summed E-state index contributed by atoms with van der Waals surface area (Å²) in [6, 6.07) is 11.3. The highest BCUT2D eigenvalue weighted by atomic mass is 16.5. The van der Waals surface area contributed by atoms with Crippen LogP contribution in [-0.4, -0.2) is 43.7 Å². The summed E-state index contributed by atoms with van der Waals surface area (Å²) in [6.45, 7) is 2.95. The van der Waals surface area contributed by atoms with Crippen molar-refractivity contribution in [3.63, 3.8) is 0 Å². The predicted octanol–water partition coefficient (Wildman–Crippen LogP) is 3.30. The Balaban J connectivity index is 1.54. The van der Waals surface area contributed by atoms with Crippen LogP contribution in [0.15, 0.2) is 47.1 Å². The smallest absolute Gasteiger partial charge is 0.225 e. The zero-order valence-electron chi connectivity index (χ0n) is 15.1. The monoisotopic (exact) mass is 358 g/mol. The Hall–Kier alpha value is -2.31. The van der Waals surface area contributed by atoms with Crippen molar-refractivity contribution in [2.75, 3.05) is 32.1 Å². The molecule has 6 nitrogen and oxygen atoms in total. The van der Waals surface area contributed by atoms with E-state index < -0.39 is 0 Å². The minimum absolute atomic E-state index is 0.0358. The fraction of sp³-hybridized carbons (Fsp3) is 0.450. The van der Waals surface area contributed by atoms with Crippen LogP contribution in [0.5, 0.6) is 5.75 Å². The molecule has 3 rings (SSSR count).